The van der Waals surface area contributed by atoms with E-state index >= 15 is 0 Å². The molecule has 0 aromatic heterocycles. The summed E-state index contributed by atoms with van der Waals surface area (Å²) in [6.07, 6.45) is 6.73. The smallest absolute Gasteiger partial charge is 0.0553 e. The van der Waals surface area contributed by atoms with E-state index < -0.39 is 0 Å². The first-order valence-corrected chi connectivity index (χ1v) is 8.94. The average Bonchev–Trinajstić information content (AvgIpc) is 3.03. The normalized spacial score (nSPS) is 24.9. The standard InChI is InChI=1S/C20H19Cl2N/c1-2-12-6-8-13(9-7-12)20-16-5-3-4-15(16)19-17(22)10-14(21)11-18(19)23-20/h3-4,6-11,15-16,20,23H,2,5H2,1H3/t15-,16+,20+/m1/s1. The highest BCUT2D eigenvalue weighted by molar-refractivity contribution is 6.35. The van der Waals surface area contributed by atoms with E-state index in [1.54, 1.807) is 0 Å². The van der Waals surface area contributed by atoms with Crippen molar-refractivity contribution in [1.29, 1.82) is 0 Å². The highest BCUT2D eigenvalue weighted by Crippen LogP contribution is 2.52. The minimum absolute atomic E-state index is 0.294. The fourth-order valence-electron chi connectivity index (χ4n) is 3.93. The molecule has 0 saturated carbocycles. The van der Waals surface area contributed by atoms with Crippen molar-refractivity contribution in [3.63, 3.8) is 0 Å². The van der Waals surface area contributed by atoms with Crippen LogP contribution in [0.4, 0.5) is 5.69 Å². The summed E-state index contributed by atoms with van der Waals surface area (Å²) < 4.78 is 0. The van der Waals surface area contributed by atoms with Gasteiger partial charge in [0, 0.05) is 27.2 Å². The molecule has 0 fully saturated rings. The molecule has 23 heavy (non-hydrogen) atoms. The second-order valence-electron chi connectivity index (χ2n) is 6.42. The third kappa shape index (κ3) is 2.56. The number of allylic oxidation sites excluding steroid dienone is 2. The van der Waals surface area contributed by atoms with Crippen molar-refractivity contribution in [2.45, 2.75) is 31.7 Å². The Bertz CT molecular complexity index is 764. The second-order valence-corrected chi connectivity index (χ2v) is 7.26. The fourth-order valence-corrected chi connectivity index (χ4v) is 4.55. The quantitative estimate of drug-likeness (QED) is 0.623. The molecule has 4 rings (SSSR count). The molecule has 118 valence electrons. The number of benzene rings is 2. The van der Waals surface area contributed by atoms with Gasteiger partial charge in [0.05, 0.1) is 6.04 Å². The van der Waals surface area contributed by atoms with Gasteiger partial charge in [0.2, 0.25) is 0 Å². The third-order valence-corrected chi connectivity index (χ3v) is 5.66. The predicted molar refractivity (Wildman–Crippen MR) is 98.6 cm³/mol. The van der Waals surface area contributed by atoms with Crippen LogP contribution < -0.4 is 5.32 Å². The van der Waals surface area contributed by atoms with Gasteiger partial charge in [0.15, 0.2) is 0 Å². The van der Waals surface area contributed by atoms with E-state index in [1.807, 2.05) is 12.1 Å². The third-order valence-electron chi connectivity index (χ3n) is 5.13. The Hall–Kier alpha value is -1.44. The first kappa shape index (κ1) is 15.1. The van der Waals surface area contributed by atoms with E-state index in [9.17, 15) is 0 Å². The van der Waals surface area contributed by atoms with Crippen LogP contribution in [0.2, 0.25) is 10.0 Å². The number of fused-ring (bicyclic) bond motifs is 3. The molecule has 2 aliphatic rings. The number of halogens is 2. The van der Waals surface area contributed by atoms with Gasteiger partial charge in [-0.1, -0.05) is 66.5 Å². The molecule has 1 heterocycles. The van der Waals surface area contributed by atoms with Gasteiger partial charge >= 0.3 is 0 Å². The Balaban J connectivity index is 1.77. The highest BCUT2D eigenvalue weighted by Gasteiger charge is 2.39. The van der Waals surface area contributed by atoms with Gasteiger partial charge in [-0.05, 0) is 42.0 Å². The lowest BCUT2D eigenvalue weighted by Crippen LogP contribution is -2.29. The maximum absolute atomic E-state index is 6.49. The molecule has 1 nitrogen and oxygen atoms in total. The largest absolute Gasteiger partial charge is 0.378 e. The average molecular weight is 344 g/mol. The minimum atomic E-state index is 0.294. The van der Waals surface area contributed by atoms with Crippen LogP contribution >= 0.6 is 23.2 Å². The Morgan fingerprint density at radius 3 is 2.65 bits per heavy atom. The summed E-state index contributed by atoms with van der Waals surface area (Å²) in [6, 6.07) is 13.1. The van der Waals surface area contributed by atoms with Crippen molar-refractivity contribution >= 4 is 28.9 Å². The van der Waals surface area contributed by atoms with E-state index in [0.29, 0.717) is 22.9 Å². The number of anilines is 1. The molecule has 3 atom stereocenters. The summed E-state index contributed by atoms with van der Waals surface area (Å²) in [4.78, 5) is 0. The van der Waals surface area contributed by atoms with Gasteiger partial charge in [0.1, 0.15) is 0 Å². The zero-order valence-corrected chi connectivity index (χ0v) is 14.5. The van der Waals surface area contributed by atoms with E-state index in [0.717, 1.165) is 23.6 Å². The molecule has 3 heteroatoms. The van der Waals surface area contributed by atoms with E-state index in [-0.39, 0.29) is 0 Å². The minimum Gasteiger partial charge on any atom is -0.378 e. The van der Waals surface area contributed by atoms with Gasteiger partial charge in [-0.2, -0.15) is 0 Å². The van der Waals surface area contributed by atoms with Crippen LogP contribution in [0.15, 0.2) is 48.6 Å². The van der Waals surface area contributed by atoms with Crippen molar-refractivity contribution in [1.82, 2.24) is 0 Å². The zero-order valence-electron chi connectivity index (χ0n) is 13.0. The Kier molecular flexibility index (Phi) is 3.87. The van der Waals surface area contributed by atoms with Crippen molar-refractivity contribution in [2.75, 3.05) is 5.32 Å². The molecule has 1 aliphatic heterocycles. The molecule has 2 aromatic carbocycles. The molecular formula is C20H19Cl2N. The van der Waals surface area contributed by atoms with Gasteiger partial charge in [-0.15, -0.1) is 0 Å². The topological polar surface area (TPSA) is 12.0 Å². The van der Waals surface area contributed by atoms with E-state index in [4.69, 9.17) is 23.2 Å². The second kappa shape index (κ2) is 5.89. The molecule has 0 amide bonds. The van der Waals surface area contributed by atoms with Gasteiger partial charge in [-0.3, -0.25) is 0 Å². The van der Waals surface area contributed by atoms with Gasteiger partial charge in [0.25, 0.3) is 0 Å². The van der Waals surface area contributed by atoms with Crippen molar-refractivity contribution in [3.05, 3.63) is 75.3 Å². The number of nitrogens with one attached hydrogen (secondary N) is 1. The molecular weight excluding hydrogens is 325 g/mol. The van der Waals surface area contributed by atoms with E-state index in [1.165, 1.54) is 16.7 Å². The number of rotatable bonds is 2. The molecule has 0 unspecified atom stereocenters. The maximum Gasteiger partial charge on any atom is 0.0553 e. The van der Waals surface area contributed by atoms with E-state index in [2.05, 4.69) is 48.7 Å². The predicted octanol–water partition coefficient (Wildman–Crippen LogP) is 6.38. The van der Waals surface area contributed by atoms with Crippen molar-refractivity contribution in [2.24, 2.45) is 5.92 Å². The molecule has 0 bridgehead atoms. The van der Waals surface area contributed by atoms with Crippen molar-refractivity contribution in [3.8, 4) is 0 Å². The first-order chi connectivity index (χ1) is 11.2. The molecule has 1 aliphatic carbocycles. The summed E-state index contributed by atoms with van der Waals surface area (Å²) in [5.74, 6) is 0.875. The Morgan fingerprint density at radius 1 is 1.13 bits per heavy atom. The molecule has 0 spiro atoms. The lowest BCUT2D eigenvalue weighted by atomic mass is 9.77. The van der Waals surface area contributed by atoms with Crippen molar-refractivity contribution < 1.29 is 0 Å². The monoisotopic (exact) mass is 343 g/mol. The van der Waals surface area contributed by atoms with Crippen LogP contribution in [0.1, 0.15) is 42.0 Å². The zero-order chi connectivity index (χ0) is 16.0. The van der Waals surface area contributed by atoms with Crippen LogP contribution in [0.25, 0.3) is 0 Å². The summed E-state index contributed by atoms with van der Waals surface area (Å²) >= 11 is 12.7. The molecule has 0 saturated heterocycles. The summed E-state index contributed by atoms with van der Waals surface area (Å²) in [7, 11) is 0. The summed E-state index contributed by atoms with van der Waals surface area (Å²) in [5, 5.41) is 5.14. The number of aryl methyl sites for hydroxylation is 1. The number of hydrogen-bond acceptors (Lipinski definition) is 1. The summed E-state index contributed by atoms with van der Waals surface area (Å²) in [5.41, 5.74) is 4.97. The Labute approximate surface area is 147 Å². The van der Waals surface area contributed by atoms with Gasteiger partial charge < -0.3 is 5.32 Å². The van der Waals surface area contributed by atoms with Crippen LogP contribution in [0.3, 0.4) is 0 Å². The van der Waals surface area contributed by atoms with Crippen LogP contribution in [-0.4, -0.2) is 0 Å². The molecule has 1 N–H and O–H groups in total. The SMILES string of the molecule is CCc1ccc([C@@H]2Nc3cc(Cl)cc(Cl)c3[C@@H]3C=CC[C@@H]32)cc1. The molecule has 2 aromatic rings. The number of hydrogen-bond donors (Lipinski definition) is 1. The summed E-state index contributed by atoms with van der Waals surface area (Å²) in [6.45, 7) is 2.19. The maximum atomic E-state index is 6.49. The first-order valence-electron chi connectivity index (χ1n) is 8.18. The van der Waals surface area contributed by atoms with Gasteiger partial charge in [-0.25, -0.2) is 0 Å². The van der Waals surface area contributed by atoms with Crippen LogP contribution in [0, 0.1) is 5.92 Å². The molecule has 0 radical (unpaired) electrons. The van der Waals surface area contributed by atoms with Crippen LogP contribution in [-0.2, 0) is 6.42 Å². The van der Waals surface area contributed by atoms with Crippen LogP contribution in [0.5, 0.6) is 0 Å². The lowest BCUT2D eigenvalue weighted by molar-refractivity contribution is 0.425. The lowest BCUT2D eigenvalue weighted by Gasteiger charge is -2.38. The Morgan fingerprint density at radius 2 is 1.91 bits per heavy atom. The fraction of sp³-hybridized carbons (Fsp3) is 0.300. The highest BCUT2D eigenvalue weighted by atomic mass is 35.5.